The van der Waals surface area contributed by atoms with Crippen LogP contribution in [0.1, 0.15) is 36.8 Å². The maximum Gasteiger partial charge on any atom is 0.270 e. The van der Waals surface area contributed by atoms with Gasteiger partial charge in [-0.1, -0.05) is 18.2 Å². The molecular formula is C16H22N2O. The van der Waals surface area contributed by atoms with Gasteiger partial charge in [-0.25, -0.2) is 0 Å². The Hall–Kier alpha value is -1.77. The minimum atomic E-state index is 0.139. The molecule has 0 saturated carbocycles. The largest absolute Gasteiger partial charge is 0.338 e. The van der Waals surface area contributed by atoms with E-state index in [0.29, 0.717) is 0 Å². The van der Waals surface area contributed by atoms with Gasteiger partial charge in [0.15, 0.2) is 0 Å². The zero-order chi connectivity index (χ0) is 14.0. The van der Waals surface area contributed by atoms with Gasteiger partial charge < -0.3 is 9.47 Å². The number of nitrogens with zero attached hydrogens (tertiary/aromatic N) is 2. The fraction of sp³-hybridized carbons (Fsp3) is 0.438. The number of hydrogen-bond donors (Lipinski definition) is 0. The first-order valence-corrected chi connectivity index (χ1v) is 7.02. The molecule has 1 aromatic heterocycles. The molecule has 0 aliphatic carbocycles. The second-order valence-electron chi connectivity index (χ2n) is 4.71. The minimum absolute atomic E-state index is 0.139. The van der Waals surface area contributed by atoms with Gasteiger partial charge in [-0.3, -0.25) is 4.79 Å². The number of benzene rings is 1. The van der Waals surface area contributed by atoms with Gasteiger partial charge in [0.1, 0.15) is 5.69 Å². The summed E-state index contributed by atoms with van der Waals surface area (Å²) in [5.41, 5.74) is 3.08. The molecule has 1 amide bonds. The third-order valence-electron chi connectivity index (χ3n) is 3.79. The Morgan fingerprint density at radius 3 is 2.37 bits per heavy atom. The van der Waals surface area contributed by atoms with Crippen LogP contribution in [-0.4, -0.2) is 28.5 Å². The van der Waals surface area contributed by atoms with E-state index in [9.17, 15) is 4.79 Å². The number of fused-ring (bicyclic) bond motifs is 1. The molecule has 1 aromatic carbocycles. The highest BCUT2D eigenvalue weighted by molar-refractivity contribution is 6.01. The first-order chi connectivity index (χ1) is 9.15. The van der Waals surface area contributed by atoms with Crippen molar-refractivity contribution in [2.24, 2.45) is 0 Å². The number of rotatable bonds is 4. The normalized spacial score (nSPS) is 10.9. The van der Waals surface area contributed by atoms with Crippen molar-refractivity contribution in [3.05, 3.63) is 35.5 Å². The molecule has 3 nitrogen and oxygen atoms in total. The van der Waals surface area contributed by atoms with E-state index >= 15 is 0 Å². The van der Waals surface area contributed by atoms with Crippen molar-refractivity contribution in [3.8, 4) is 0 Å². The molecule has 0 N–H and O–H groups in total. The topological polar surface area (TPSA) is 25.2 Å². The fourth-order valence-corrected chi connectivity index (χ4v) is 2.74. The number of hydrogen-bond acceptors (Lipinski definition) is 1. The molecule has 0 fully saturated rings. The summed E-state index contributed by atoms with van der Waals surface area (Å²) in [6.45, 7) is 10.5. The zero-order valence-electron chi connectivity index (χ0n) is 12.2. The predicted molar refractivity (Wildman–Crippen MR) is 79.6 cm³/mol. The van der Waals surface area contributed by atoms with E-state index in [0.717, 1.165) is 36.4 Å². The van der Waals surface area contributed by atoms with Crippen LogP contribution in [0.3, 0.4) is 0 Å². The lowest BCUT2D eigenvalue weighted by molar-refractivity contribution is 0.0762. The van der Waals surface area contributed by atoms with Crippen molar-refractivity contribution in [2.45, 2.75) is 34.2 Å². The zero-order valence-corrected chi connectivity index (χ0v) is 12.2. The third-order valence-corrected chi connectivity index (χ3v) is 3.79. The Kier molecular flexibility index (Phi) is 3.93. The van der Waals surface area contributed by atoms with Crippen LogP contribution in [0.15, 0.2) is 24.3 Å². The highest BCUT2D eigenvalue weighted by atomic mass is 16.2. The average Bonchev–Trinajstić information content (AvgIpc) is 2.73. The molecule has 19 heavy (non-hydrogen) atoms. The lowest BCUT2D eigenvalue weighted by Crippen LogP contribution is -2.32. The van der Waals surface area contributed by atoms with Crippen LogP contribution < -0.4 is 0 Å². The molecule has 0 unspecified atom stereocenters. The van der Waals surface area contributed by atoms with Gasteiger partial charge in [-0.2, -0.15) is 0 Å². The van der Waals surface area contributed by atoms with Crippen LogP contribution in [-0.2, 0) is 6.54 Å². The third kappa shape index (κ3) is 2.14. The fourth-order valence-electron chi connectivity index (χ4n) is 2.74. The second kappa shape index (κ2) is 5.47. The van der Waals surface area contributed by atoms with Crippen LogP contribution in [0.4, 0.5) is 0 Å². The number of amides is 1. The van der Waals surface area contributed by atoms with E-state index in [1.807, 2.05) is 37.8 Å². The van der Waals surface area contributed by atoms with Gasteiger partial charge in [0, 0.05) is 30.5 Å². The van der Waals surface area contributed by atoms with Gasteiger partial charge in [0.2, 0.25) is 0 Å². The van der Waals surface area contributed by atoms with Crippen LogP contribution >= 0.6 is 0 Å². The van der Waals surface area contributed by atoms with Crippen LogP contribution in [0.25, 0.3) is 10.9 Å². The number of aromatic nitrogens is 1. The van der Waals surface area contributed by atoms with Crippen molar-refractivity contribution < 1.29 is 4.79 Å². The SMILES string of the molecule is CCN(CC)C(=O)c1c(C)c2ccccc2n1CC. The highest BCUT2D eigenvalue weighted by Gasteiger charge is 2.22. The van der Waals surface area contributed by atoms with E-state index in [1.54, 1.807) is 0 Å². The number of carbonyl (C=O) groups excluding carboxylic acids is 1. The van der Waals surface area contributed by atoms with Crippen LogP contribution in [0.5, 0.6) is 0 Å². The monoisotopic (exact) mass is 258 g/mol. The molecule has 0 aliphatic rings. The number of para-hydroxylation sites is 1. The molecule has 2 rings (SSSR count). The molecule has 0 atom stereocenters. The van der Waals surface area contributed by atoms with Crippen molar-refractivity contribution >= 4 is 16.8 Å². The van der Waals surface area contributed by atoms with Gasteiger partial charge in [0.05, 0.1) is 0 Å². The summed E-state index contributed by atoms with van der Waals surface area (Å²) in [6, 6.07) is 8.24. The quantitative estimate of drug-likeness (QED) is 0.824. The highest BCUT2D eigenvalue weighted by Crippen LogP contribution is 2.26. The standard InChI is InChI=1S/C16H22N2O/c1-5-17(6-2)16(19)15-12(4)13-10-8-9-11-14(13)18(15)7-3/h8-11H,5-7H2,1-4H3. The van der Waals surface area contributed by atoms with Gasteiger partial charge in [-0.05, 0) is 39.3 Å². The van der Waals surface area contributed by atoms with Crippen molar-refractivity contribution in [3.63, 3.8) is 0 Å². The summed E-state index contributed by atoms with van der Waals surface area (Å²) in [6.07, 6.45) is 0. The van der Waals surface area contributed by atoms with E-state index in [2.05, 4.69) is 23.6 Å². The van der Waals surface area contributed by atoms with E-state index in [-0.39, 0.29) is 5.91 Å². The summed E-state index contributed by atoms with van der Waals surface area (Å²) in [7, 11) is 0. The summed E-state index contributed by atoms with van der Waals surface area (Å²) in [4.78, 5) is 14.6. The van der Waals surface area contributed by atoms with Gasteiger partial charge >= 0.3 is 0 Å². The Bertz CT molecular complexity index is 594. The van der Waals surface area contributed by atoms with Crippen molar-refractivity contribution in [1.29, 1.82) is 0 Å². The van der Waals surface area contributed by atoms with Crippen molar-refractivity contribution in [1.82, 2.24) is 9.47 Å². The van der Waals surface area contributed by atoms with Crippen LogP contribution in [0.2, 0.25) is 0 Å². The number of aryl methyl sites for hydroxylation is 2. The van der Waals surface area contributed by atoms with E-state index < -0.39 is 0 Å². The average molecular weight is 258 g/mol. The second-order valence-corrected chi connectivity index (χ2v) is 4.71. The maximum absolute atomic E-state index is 12.7. The smallest absolute Gasteiger partial charge is 0.270 e. The molecule has 1 heterocycles. The molecule has 0 spiro atoms. The Morgan fingerprint density at radius 1 is 1.16 bits per heavy atom. The predicted octanol–water partition coefficient (Wildman–Crippen LogP) is 3.45. The Morgan fingerprint density at radius 2 is 1.79 bits per heavy atom. The summed E-state index contributed by atoms with van der Waals surface area (Å²) < 4.78 is 2.13. The maximum atomic E-state index is 12.7. The molecule has 0 radical (unpaired) electrons. The number of carbonyl (C=O) groups is 1. The Labute approximate surface area is 114 Å². The van der Waals surface area contributed by atoms with Crippen molar-refractivity contribution in [2.75, 3.05) is 13.1 Å². The molecule has 102 valence electrons. The Balaban J connectivity index is 2.65. The lowest BCUT2D eigenvalue weighted by Gasteiger charge is -2.20. The molecule has 0 aliphatic heterocycles. The van der Waals surface area contributed by atoms with Gasteiger partial charge in [0.25, 0.3) is 5.91 Å². The summed E-state index contributed by atoms with van der Waals surface area (Å²) in [5.74, 6) is 0.139. The molecule has 2 aromatic rings. The minimum Gasteiger partial charge on any atom is -0.338 e. The van der Waals surface area contributed by atoms with Crippen LogP contribution in [0, 0.1) is 6.92 Å². The summed E-state index contributed by atoms with van der Waals surface area (Å²) in [5, 5.41) is 1.18. The first kappa shape index (κ1) is 13.7. The van der Waals surface area contributed by atoms with E-state index in [4.69, 9.17) is 0 Å². The molecular weight excluding hydrogens is 236 g/mol. The first-order valence-electron chi connectivity index (χ1n) is 7.02. The summed E-state index contributed by atoms with van der Waals surface area (Å²) >= 11 is 0. The lowest BCUT2D eigenvalue weighted by atomic mass is 10.1. The molecule has 0 saturated heterocycles. The van der Waals surface area contributed by atoms with E-state index in [1.165, 1.54) is 5.39 Å². The molecule has 0 bridgehead atoms. The molecule has 3 heteroatoms. The van der Waals surface area contributed by atoms with Gasteiger partial charge in [-0.15, -0.1) is 0 Å².